The standard InChI is InChI=1S/C21H30N2O3/c1-5-6-15-22-16-11-10-14-18(20(25)26-21(2,3)4)23-19(24)17-12-8-7-9-13-17/h7-9,12-13,18,22H,10-11,14-16H2,1-4H3,(H,23,24)/t18-/m0/s1. The number of rotatable bonds is 9. The van der Waals surface area contributed by atoms with Crippen LogP contribution in [0.4, 0.5) is 0 Å². The number of carbonyl (C=O) groups is 2. The zero-order valence-corrected chi connectivity index (χ0v) is 16.2. The summed E-state index contributed by atoms with van der Waals surface area (Å²) in [7, 11) is 0. The van der Waals surface area contributed by atoms with Gasteiger partial charge in [-0.3, -0.25) is 4.79 Å². The highest BCUT2D eigenvalue weighted by molar-refractivity contribution is 5.96. The van der Waals surface area contributed by atoms with Crippen LogP contribution in [0.5, 0.6) is 0 Å². The fraction of sp³-hybridized carbons (Fsp3) is 0.524. The molecule has 2 N–H and O–H groups in total. The Hall–Kier alpha value is -2.32. The number of esters is 1. The highest BCUT2D eigenvalue weighted by Crippen LogP contribution is 2.12. The molecular weight excluding hydrogens is 328 g/mol. The Morgan fingerprint density at radius 2 is 1.85 bits per heavy atom. The van der Waals surface area contributed by atoms with E-state index in [2.05, 4.69) is 22.5 Å². The number of hydrogen-bond donors (Lipinski definition) is 2. The van der Waals surface area contributed by atoms with Crippen LogP contribution in [0.2, 0.25) is 0 Å². The fourth-order valence-electron chi connectivity index (χ4n) is 2.29. The summed E-state index contributed by atoms with van der Waals surface area (Å²) >= 11 is 0. The van der Waals surface area contributed by atoms with Gasteiger partial charge in [0.15, 0.2) is 0 Å². The molecule has 1 atom stereocenters. The molecule has 5 heteroatoms. The second kappa shape index (κ2) is 11.3. The average molecular weight is 358 g/mol. The Balaban J connectivity index is 2.59. The van der Waals surface area contributed by atoms with Gasteiger partial charge in [0.2, 0.25) is 0 Å². The van der Waals surface area contributed by atoms with E-state index in [-0.39, 0.29) is 5.91 Å². The molecule has 0 unspecified atom stereocenters. The van der Waals surface area contributed by atoms with E-state index in [1.165, 1.54) is 0 Å². The monoisotopic (exact) mass is 358 g/mol. The van der Waals surface area contributed by atoms with Crippen molar-refractivity contribution in [3.8, 4) is 11.8 Å². The summed E-state index contributed by atoms with van der Waals surface area (Å²) in [5, 5.41) is 6.03. The van der Waals surface area contributed by atoms with E-state index in [0.717, 1.165) is 19.4 Å². The molecule has 0 saturated carbocycles. The van der Waals surface area contributed by atoms with Crippen molar-refractivity contribution in [2.24, 2.45) is 0 Å². The zero-order valence-electron chi connectivity index (χ0n) is 16.2. The summed E-state index contributed by atoms with van der Waals surface area (Å²) in [4.78, 5) is 24.8. The molecule has 0 saturated heterocycles. The maximum absolute atomic E-state index is 12.5. The normalized spacial score (nSPS) is 11.8. The predicted molar refractivity (Wildman–Crippen MR) is 104 cm³/mol. The maximum atomic E-state index is 12.5. The van der Waals surface area contributed by atoms with Crippen LogP contribution in [-0.4, -0.2) is 36.6 Å². The quantitative estimate of drug-likeness (QED) is 0.405. The van der Waals surface area contributed by atoms with Gasteiger partial charge in [0, 0.05) is 5.56 Å². The largest absolute Gasteiger partial charge is 0.458 e. The Bertz CT molecular complexity index is 624. The highest BCUT2D eigenvalue weighted by Gasteiger charge is 2.26. The molecule has 0 aromatic heterocycles. The van der Waals surface area contributed by atoms with Gasteiger partial charge in [0.05, 0.1) is 6.54 Å². The lowest BCUT2D eigenvalue weighted by Gasteiger charge is -2.24. The molecule has 0 aliphatic carbocycles. The first-order chi connectivity index (χ1) is 12.3. The SMILES string of the molecule is CC#CCNCCCC[C@H](NC(=O)c1ccccc1)C(=O)OC(C)(C)C. The Kier molecular flexibility index (Phi) is 9.46. The molecule has 0 bridgehead atoms. The van der Waals surface area contributed by atoms with E-state index in [4.69, 9.17) is 4.74 Å². The first-order valence-electron chi connectivity index (χ1n) is 9.02. The molecule has 0 aliphatic rings. The summed E-state index contributed by atoms with van der Waals surface area (Å²) in [5.41, 5.74) is -0.0615. The van der Waals surface area contributed by atoms with Crippen LogP contribution in [-0.2, 0) is 9.53 Å². The van der Waals surface area contributed by atoms with Crippen molar-refractivity contribution < 1.29 is 14.3 Å². The van der Waals surface area contributed by atoms with Gasteiger partial charge in [-0.1, -0.05) is 24.1 Å². The minimum Gasteiger partial charge on any atom is -0.458 e. The molecule has 142 valence electrons. The molecule has 1 rings (SSSR count). The molecule has 0 spiro atoms. The second-order valence-electron chi connectivity index (χ2n) is 7.02. The van der Waals surface area contributed by atoms with Crippen molar-refractivity contribution in [2.75, 3.05) is 13.1 Å². The molecule has 1 aromatic rings. The lowest BCUT2D eigenvalue weighted by atomic mass is 10.1. The number of unbranched alkanes of at least 4 members (excludes halogenated alkanes) is 1. The van der Waals surface area contributed by atoms with Crippen molar-refractivity contribution in [2.45, 2.75) is 58.6 Å². The molecule has 1 amide bonds. The van der Waals surface area contributed by atoms with Crippen molar-refractivity contribution >= 4 is 11.9 Å². The summed E-state index contributed by atoms with van der Waals surface area (Å²) in [6, 6.07) is 8.22. The van der Waals surface area contributed by atoms with E-state index in [1.54, 1.807) is 24.3 Å². The minimum absolute atomic E-state index is 0.266. The number of amides is 1. The van der Waals surface area contributed by atoms with Crippen molar-refractivity contribution in [3.05, 3.63) is 35.9 Å². The second-order valence-corrected chi connectivity index (χ2v) is 7.02. The fourth-order valence-corrected chi connectivity index (χ4v) is 2.29. The topological polar surface area (TPSA) is 67.4 Å². The van der Waals surface area contributed by atoms with Crippen molar-refractivity contribution in [3.63, 3.8) is 0 Å². The van der Waals surface area contributed by atoms with Crippen molar-refractivity contribution in [1.82, 2.24) is 10.6 Å². The third-order valence-corrected chi connectivity index (χ3v) is 3.52. The van der Waals surface area contributed by atoms with Gasteiger partial charge >= 0.3 is 5.97 Å². The third-order valence-electron chi connectivity index (χ3n) is 3.52. The zero-order chi connectivity index (χ0) is 19.4. The van der Waals surface area contributed by atoms with Gasteiger partial charge in [0.1, 0.15) is 11.6 Å². The van der Waals surface area contributed by atoms with E-state index >= 15 is 0 Å². The first kappa shape index (κ1) is 21.7. The number of nitrogens with one attached hydrogen (secondary N) is 2. The number of benzene rings is 1. The summed E-state index contributed by atoms with van der Waals surface area (Å²) in [6.07, 6.45) is 2.23. The van der Waals surface area contributed by atoms with Gasteiger partial charge in [-0.05, 0) is 65.6 Å². The molecule has 0 radical (unpaired) electrons. The van der Waals surface area contributed by atoms with Crippen LogP contribution in [0.3, 0.4) is 0 Å². The van der Waals surface area contributed by atoms with Gasteiger partial charge in [-0.15, -0.1) is 5.92 Å². The maximum Gasteiger partial charge on any atom is 0.329 e. The molecule has 0 fully saturated rings. The molecule has 0 aliphatic heterocycles. The van der Waals surface area contributed by atoms with Gasteiger partial charge in [-0.25, -0.2) is 4.79 Å². The molecule has 5 nitrogen and oxygen atoms in total. The van der Waals surface area contributed by atoms with Crippen LogP contribution < -0.4 is 10.6 Å². The van der Waals surface area contributed by atoms with Crippen LogP contribution in [0.25, 0.3) is 0 Å². The highest BCUT2D eigenvalue weighted by atomic mass is 16.6. The number of carbonyl (C=O) groups excluding carboxylic acids is 2. The van der Waals surface area contributed by atoms with Gasteiger partial charge in [-0.2, -0.15) is 0 Å². The minimum atomic E-state index is -0.655. The third kappa shape index (κ3) is 9.24. The Labute approximate surface area is 156 Å². The van der Waals surface area contributed by atoms with E-state index in [1.807, 2.05) is 33.8 Å². The molecule has 1 aromatic carbocycles. The Morgan fingerprint density at radius 3 is 2.46 bits per heavy atom. The van der Waals surface area contributed by atoms with E-state index in [0.29, 0.717) is 18.5 Å². The summed E-state index contributed by atoms with van der Waals surface area (Å²) < 4.78 is 5.46. The number of hydrogen-bond acceptors (Lipinski definition) is 4. The first-order valence-corrected chi connectivity index (χ1v) is 9.02. The number of ether oxygens (including phenoxy) is 1. The van der Waals surface area contributed by atoms with Gasteiger partial charge < -0.3 is 15.4 Å². The van der Waals surface area contributed by atoms with E-state index in [9.17, 15) is 9.59 Å². The average Bonchev–Trinajstić information content (AvgIpc) is 2.59. The summed E-state index contributed by atoms with van der Waals surface area (Å²) in [5.74, 6) is 5.11. The summed E-state index contributed by atoms with van der Waals surface area (Å²) in [6.45, 7) is 8.75. The molecular formula is C21H30N2O3. The smallest absolute Gasteiger partial charge is 0.329 e. The van der Waals surface area contributed by atoms with Crippen LogP contribution in [0, 0.1) is 11.8 Å². The van der Waals surface area contributed by atoms with Crippen molar-refractivity contribution in [1.29, 1.82) is 0 Å². The predicted octanol–water partition coefficient (Wildman–Crippen LogP) is 2.91. The lowest BCUT2D eigenvalue weighted by molar-refractivity contribution is -0.157. The molecule has 0 heterocycles. The lowest BCUT2D eigenvalue weighted by Crippen LogP contribution is -2.44. The Morgan fingerprint density at radius 1 is 1.15 bits per heavy atom. The van der Waals surface area contributed by atoms with E-state index < -0.39 is 17.6 Å². The van der Waals surface area contributed by atoms with Crippen LogP contribution in [0.15, 0.2) is 30.3 Å². The van der Waals surface area contributed by atoms with Crippen LogP contribution in [0.1, 0.15) is 57.3 Å². The molecule has 26 heavy (non-hydrogen) atoms. The van der Waals surface area contributed by atoms with Crippen LogP contribution >= 0.6 is 0 Å². The van der Waals surface area contributed by atoms with Gasteiger partial charge in [0.25, 0.3) is 5.91 Å².